The number of hydrogen-bond donors (Lipinski definition) is 0. The summed E-state index contributed by atoms with van der Waals surface area (Å²) < 4.78 is 1.70. The lowest BCUT2D eigenvalue weighted by molar-refractivity contribution is -0.117. The summed E-state index contributed by atoms with van der Waals surface area (Å²) in [4.78, 5) is 27.9. The first kappa shape index (κ1) is 14.8. The number of carbonyl (C=O) groups is 1. The molecule has 0 aliphatic heterocycles. The van der Waals surface area contributed by atoms with Crippen LogP contribution in [0.1, 0.15) is 26.7 Å². The highest BCUT2D eigenvalue weighted by Gasteiger charge is 2.09. The first-order valence-corrected chi connectivity index (χ1v) is 7.74. The van der Waals surface area contributed by atoms with Gasteiger partial charge in [0, 0.05) is 18.7 Å². The number of benzene rings is 1. The van der Waals surface area contributed by atoms with Gasteiger partial charge in [-0.1, -0.05) is 23.9 Å². The summed E-state index contributed by atoms with van der Waals surface area (Å²) in [6, 6.07) is 7.40. The van der Waals surface area contributed by atoms with Gasteiger partial charge < -0.3 is 4.79 Å². The minimum absolute atomic E-state index is 0.00664. The van der Waals surface area contributed by atoms with Crippen molar-refractivity contribution in [3.05, 3.63) is 34.6 Å². The Morgan fingerprint density at radius 1 is 1.35 bits per heavy atom. The number of para-hydroxylation sites is 1. The Morgan fingerprint density at radius 3 is 2.80 bits per heavy atom. The molecule has 0 aliphatic carbocycles. The maximum atomic E-state index is 12.4. The maximum absolute atomic E-state index is 12.4. The molecule has 0 saturated carbocycles. The van der Waals surface area contributed by atoms with Crippen molar-refractivity contribution in [1.29, 1.82) is 0 Å². The van der Waals surface area contributed by atoms with E-state index >= 15 is 0 Å². The molecular formula is C15H18N2O2S. The lowest BCUT2D eigenvalue weighted by Crippen LogP contribution is -2.22. The number of aromatic nitrogens is 2. The average molecular weight is 290 g/mol. The van der Waals surface area contributed by atoms with E-state index in [-0.39, 0.29) is 11.3 Å². The van der Waals surface area contributed by atoms with E-state index in [4.69, 9.17) is 0 Å². The predicted octanol–water partition coefficient (Wildman–Crippen LogP) is 2.88. The van der Waals surface area contributed by atoms with Gasteiger partial charge in [-0.05, 0) is 32.4 Å². The summed E-state index contributed by atoms with van der Waals surface area (Å²) in [6.45, 7) is 4.14. The quantitative estimate of drug-likeness (QED) is 0.466. The van der Waals surface area contributed by atoms with E-state index in [0.717, 1.165) is 22.8 Å². The third kappa shape index (κ3) is 3.28. The highest BCUT2D eigenvalue weighted by atomic mass is 32.2. The summed E-state index contributed by atoms with van der Waals surface area (Å²) >= 11 is 1.54. The topological polar surface area (TPSA) is 52.0 Å². The smallest absolute Gasteiger partial charge is 0.262 e. The molecule has 0 fully saturated rings. The van der Waals surface area contributed by atoms with Crippen molar-refractivity contribution < 1.29 is 4.79 Å². The van der Waals surface area contributed by atoms with Gasteiger partial charge in [0.15, 0.2) is 5.16 Å². The van der Waals surface area contributed by atoms with Crippen LogP contribution in [0.4, 0.5) is 0 Å². The van der Waals surface area contributed by atoms with Crippen molar-refractivity contribution >= 4 is 28.4 Å². The van der Waals surface area contributed by atoms with Crippen LogP contribution in [-0.2, 0) is 11.3 Å². The number of hydrogen-bond acceptors (Lipinski definition) is 4. The third-order valence-corrected chi connectivity index (χ3v) is 4.11. The van der Waals surface area contributed by atoms with Crippen LogP contribution in [0, 0.1) is 0 Å². The van der Waals surface area contributed by atoms with Crippen LogP contribution in [0.3, 0.4) is 0 Å². The molecule has 2 rings (SSSR count). The van der Waals surface area contributed by atoms with Gasteiger partial charge in [0.1, 0.15) is 5.78 Å². The van der Waals surface area contributed by atoms with E-state index in [1.165, 1.54) is 0 Å². The normalized spacial score (nSPS) is 10.9. The zero-order chi connectivity index (χ0) is 14.5. The van der Waals surface area contributed by atoms with E-state index < -0.39 is 0 Å². The molecule has 0 spiro atoms. The zero-order valence-electron chi connectivity index (χ0n) is 11.8. The largest absolute Gasteiger partial charge is 0.300 e. The van der Waals surface area contributed by atoms with Crippen LogP contribution >= 0.6 is 11.8 Å². The second-order valence-corrected chi connectivity index (χ2v) is 5.68. The molecular weight excluding hydrogens is 272 g/mol. The third-order valence-electron chi connectivity index (χ3n) is 3.05. The minimum atomic E-state index is 0.00664. The summed E-state index contributed by atoms with van der Waals surface area (Å²) in [5.41, 5.74) is 0.739. The standard InChI is InChI=1S/C15H18N2O2S/c1-3-17-14(19)12-8-4-5-9-13(12)16-15(17)20-10-6-7-11(2)18/h4-5,8-9H,3,6-7,10H2,1-2H3. The highest BCUT2D eigenvalue weighted by molar-refractivity contribution is 7.99. The molecule has 20 heavy (non-hydrogen) atoms. The van der Waals surface area contributed by atoms with Gasteiger partial charge in [0.25, 0.3) is 5.56 Å². The van der Waals surface area contributed by atoms with E-state index in [1.807, 2.05) is 25.1 Å². The number of Topliss-reactive ketones (excluding diaryl/α,β-unsaturated/α-hetero) is 1. The number of fused-ring (bicyclic) bond motifs is 1. The molecule has 0 aliphatic rings. The van der Waals surface area contributed by atoms with Gasteiger partial charge in [-0.2, -0.15) is 0 Å². The first-order valence-electron chi connectivity index (χ1n) is 6.75. The van der Waals surface area contributed by atoms with Gasteiger partial charge in [-0.25, -0.2) is 4.98 Å². The molecule has 1 aromatic carbocycles. The molecule has 5 heteroatoms. The average Bonchev–Trinajstić information content (AvgIpc) is 2.44. The fourth-order valence-electron chi connectivity index (χ4n) is 2.02. The van der Waals surface area contributed by atoms with Crippen LogP contribution in [0.25, 0.3) is 10.9 Å². The van der Waals surface area contributed by atoms with E-state index in [2.05, 4.69) is 4.98 Å². The van der Waals surface area contributed by atoms with Gasteiger partial charge in [0.05, 0.1) is 10.9 Å². The summed E-state index contributed by atoms with van der Waals surface area (Å²) in [5.74, 6) is 0.995. The van der Waals surface area contributed by atoms with Crippen molar-refractivity contribution in [2.24, 2.45) is 0 Å². The minimum Gasteiger partial charge on any atom is -0.300 e. The monoisotopic (exact) mass is 290 g/mol. The number of rotatable bonds is 6. The molecule has 0 saturated heterocycles. The molecule has 1 aromatic heterocycles. The van der Waals surface area contributed by atoms with Crippen molar-refractivity contribution in [2.75, 3.05) is 5.75 Å². The van der Waals surface area contributed by atoms with Crippen LogP contribution in [-0.4, -0.2) is 21.1 Å². The fraction of sp³-hybridized carbons (Fsp3) is 0.400. The Bertz CT molecular complexity index is 679. The van der Waals surface area contributed by atoms with Crippen LogP contribution < -0.4 is 5.56 Å². The highest BCUT2D eigenvalue weighted by Crippen LogP contribution is 2.19. The van der Waals surface area contributed by atoms with Crippen molar-refractivity contribution in [3.8, 4) is 0 Å². The molecule has 1 heterocycles. The lowest BCUT2D eigenvalue weighted by atomic mass is 10.2. The van der Waals surface area contributed by atoms with Gasteiger partial charge >= 0.3 is 0 Å². The van der Waals surface area contributed by atoms with Gasteiger partial charge in [0.2, 0.25) is 0 Å². The van der Waals surface area contributed by atoms with E-state index in [1.54, 1.807) is 29.3 Å². The van der Waals surface area contributed by atoms with Crippen LogP contribution in [0.15, 0.2) is 34.2 Å². The molecule has 0 N–H and O–H groups in total. The molecule has 4 nitrogen and oxygen atoms in total. The number of nitrogens with zero attached hydrogens (tertiary/aromatic N) is 2. The molecule has 0 unspecified atom stereocenters. The van der Waals surface area contributed by atoms with Crippen LogP contribution in [0.5, 0.6) is 0 Å². The number of thioether (sulfide) groups is 1. The molecule has 0 amide bonds. The molecule has 0 bridgehead atoms. The Labute approximate surface area is 122 Å². The predicted molar refractivity (Wildman–Crippen MR) is 82.3 cm³/mol. The SMILES string of the molecule is CCn1c(SCCCC(C)=O)nc2ccccc2c1=O. The molecule has 0 atom stereocenters. The number of carbonyl (C=O) groups excluding carboxylic acids is 1. The van der Waals surface area contributed by atoms with E-state index in [9.17, 15) is 9.59 Å². The van der Waals surface area contributed by atoms with E-state index in [0.29, 0.717) is 18.4 Å². The van der Waals surface area contributed by atoms with Crippen LogP contribution in [0.2, 0.25) is 0 Å². The Morgan fingerprint density at radius 2 is 2.10 bits per heavy atom. The summed E-state index contributed by atoms with van der Waals surface area (Å²) in [7, 11) is 0. The Balaban J connectivity index is 2.27. The maximum Gasteiger partial charge on any atom is 0.262 e. The van der Waals surface area contributed by atoms with Crippen molar-refractivity contribution in [1.82, 2.24) is 9.55 Å². The molecule has 106 valence electrons. The van der Waals surface area contributed by atoms with Crippen molar-refractivity contribution in [2.45, 2.75) is 38.4 Å². The first-order chi connectivity index (χ1) is 9.63. The molecule has 0 radical (unpaired) electrons. The Hall–Kier alpha value is -1.62. The Kier molecular flexibility index (Phi) is 4.95. The molecule has 2 aromatic rings. The number of ketones is 1. The summed E-state index contributed by atoms with van der Waals surface area (Å²) in [5, 5.41) is 1.39. The fourth-order valence-corrected chi connectivity index (χ4v) is 3.02. The zero-order valence-corrected chi connectivity index (χ0v) is 12.6. The lowest BCUT2D eigenvalue weighted by Gasteiger charge is -2.10. The summed E-state index contributed by atoms with van der Waals surface area (Å²) in [6.07, 6.45) is 1.39. The van der Waals surface area contributed by atoms with Gasteiger partial charge in [-0.15, -0.1) is 0 Å². The second kappa shape index (κ2) is 6.70. The van der Waals surface area contributed by atoms with Gasteiger partial charge in [-0.3, -0.25) is 9.36 Å². The second-order valence-electron chi connectivity index (χ2n) is 4.61. The van der Waals surface area contributed by atoms with Crippen molar-refractivity contribution in [3.63, 3.8) is 0 Å².